The fourth-order valence-corrected chi connectivity index (χ4v) is 3.98. The minimum Gasteiger partial charge on any atom is -0.460 e. The van der Waals surface area contributed by atoms with Crippen molar-refractivity contribution >= 4 is 5.97 Å². The van der Waals surface area contributed by atoms with E-state index in [1.807, 2.05) is 29.0 Å². The van der Waals surface area contributed by atoms with Crippen molar-refractivity contribution < 1.29 is 14.6 Å². The van der Waals surface area contributed by atoms with E-state index >= 15 is 0 Å². The summed E-state index contributed by atoms with van der Waals surface area (Å²) in [6, 6.07) is 9.16. The maximum atomic E-state index is 13.1. The number of ether oxygens (including phenoxy) is 1. The molecule has 1 aromatic carbocycles. The van der Waals surface area contributed by atoms with Crippen LogP contribution in [0.15, 0.2) is 42.7 Å². The van der Waals surface area contributed by atoms with E-state index in [1.165, 1.54) is 12.8 Å². The molecular weight excluding hydrogens is 352 g/mol. The third-order valence-corrected chi connectivity index (χ3v) is 5.64. The molecular formula is C23H32N2O3. The first-order valence-electron chi connectivity index (χ1n) is 10.5. The van der Waals surface area contributed by atoms with Gasteiger partial charge in [-0.1, -0.05) is 57.0 Å². The second-order valence-corrected chi connectivity index (χ2v) is 8.13. The lowest BCUT2D eigenvalue weighted by atomic mass is 9.90. The van der Waals surface area contributed by atoms with Crippen molar-refractivity contribution in [2.24, 2.45) is 0 Å². The van der Waals surface area contributed by atoms with Crippen LogP contribution in [0.2, 0.25) is 0 Å². The molecule has 1 aliphatic rings. The van der Waals surface area contributed by atoms with Crippen molar-refractivity contribution in [3.63, 3.8) is 0 Å². The molecule has 1 fully saturated rings. The van der Waals surface area contributed by atoms with E-state index in [4.69, 9.17) is 4.74 Å². The molecule has 0 saturated heterocycles. The maximum Gasteiger partial charge on any atom is 0.343 e. The number of imidazole rings is 1. The first kappa shape index (κ1) is 20.6. The van der Waals surface area contributed by atoms with E-state index in [9.17, 15) is 9.90 Å². The van der Waals surface area contributed by atoms with Crippen molar-refractivity contribution in [3.8, 4) is 0 Å². The quantitative estimate of drug-likeness (QED) is 0.562. The Hall–Kier alpha value is -2.14. The summed E-state index contributed by atoms with van der Waals surface area (Å²) in [5.74, 6) is 0.696. The van der Waals surface area contributed by atoms with E-state index in [2.05, 4.69) is 18.8 Å². The average Bonchev–Trinajstić information content (AvgIpc) is 3.04. The minimum atomic E-state index is -1.66. The summed E-state index contributed by atoms with van der Waals surface area (Å²) in [7, 11) is 0. The number of benzene rings is 1. The van der Waals surface area contributed by atoms with E-state index < -0.39 is 11.6 Å². The third kappa shape index (κ3) is 4.82. The Balaban J connectivity index is 1.79. The number of aromatic nitrogens is 2. The SMILES string of the molecule is CC(C)c1nccn1CCC(O)(C(=O)OC1CCCCCC1)c1ccccc1. The van der Waals surface area contributed by atoms with Crippen molar-refractivity contribution in [3.05, 3.63) is 54.1 Å². The Bertz CT molecular complexity index is 748. The summed E-state index contributed by atoms with van der Waals surface area (Å²) < 4.78 is 7.84. The standard InChI is InChI=1S/C23H32N2O3/c1-18(2)21-24-15-17-25(21)16-14-23(27,19-10-6-5-7-11-19)22(26)28-20-12-8-3-4-9-13-20/h5-7,10-11,15,17-18,20,27H,3-4,8-9,12-14,16H2,1-2H3. The zero-order valence-corrected chi connectivity index (χ0v) is 17.0. The zero-order chi connectivity index (χ0) is 20.0. The highest BCUT2D eigenvalue weighted by molar-refractivity contribution is 5.81. The first-order chi connectivity index (χ1) is 13.5. The summed E-state index contributed by atoms with van der Waals surface area (Å²) in [5, 5.41) is 11.5. The van der Waals surface area contributed by atoms with Crippen molar-refractivity contribution in [1.29, 1.82) is 0 Å². The van der Waals surface area contributed by atoms with E-state index in [-0.39, 0.29) is 18.4 Å². The van der Waals surface area contributed by atoms with Crippen molar-refractivity contribution in [1.82, 2.24) is 9.55 Å². The molecule has 5 nitrogen and oxygen atoms in total. The second kappa shape index (κ2) is 9.37. The van der Waals surface area contributed by atoms with Gasteiger partial charge in [0.1, 0.15) is 11.9 Å². The van der Waals surface area contributed by atoms with Gasteiger partial charge in [0.25, 0.3) is 0 Å². The van der Waals surface area contributed by atoms with Gasteiger partial charge < -0.3 is 14.4 Å². The van der Waals surface area contributed by atoms with Crippen LogP contribution in [0.25, 0.3) is 0 Å². The maximum absolute atomic E-state index is 13.1. The molecule has 1 atom stereocenters. The van der Waals surface area contributed by atoms with E-state index in [0.29, 0.717) is 12.1 Å². The van der Waals surface area contributed by atoms with Gasteiger partial charge in [-0.05, 0) is 31.2 Å². The van der Waals surface area contributed by atoms with Gasteiger partial charge in [-0.2, -0.15) is 0 Å². The molecule has 1 heterocycles. The topological polar surface area (TPSA) is 64.3 Å². The smallest absolute Gasteiger partial charge is 0.343 e. The summed E-state index contributed by atoms with van der Waals surface area (Å²) >= 11 is 0. The lowest BCUT2D eigenvalue weighted by Gasteiger charge is -2.29. The molecule has 2 aromatic rings. The molecule has 0 spiro atoms. The monoisotopic (exact) mass is 384 g/mol. The Kier molecular flexibility index (Phi) is 6.89. The predicted octanol–water partition coefficient (Wildman–Crippen LogP) is 4.55. The lowest BCUT2D eigenvalue weighted by Crippen LogP contribution is -2.40. The zero-order valence-electron chi connectivity index (χ0n) is 17.0. The van der Waals surface area contributed by atoms with Crippen LogP contribution in [0.5, 0.6) is 0 Å². The number of aryl methyl sites for hydroxylation is 1. The molecule has 152 valence electrons. The average molecular weight is 385 g/mol. The van der Waals surface area contributed by atoms with Gasteiger partial charge in [-0.25, -0.2) is 9.78 Å². The largest absolute Gasteiger partial charge is 0.460 e. The van der Waals surface area contributed by atoms with Gasteiger partial charge in [-0.3, -0.25) is 0 Å². The van der Waals surface area contributed by atoms with Crippen LogP contribution in [-0.2, 0) is 21.7 Å². The molecule has 1 aromatic heterocycles. The number of esters is 1. The normalized spacial score (nSPS) is 17.9. The molecule has 28 heavy (non-hydrogen) atoms. The Labute approximate surface area is 167 Å². The number of hydrogen-bond acceptors (Lipinski definition) is 4. The second-order valence-electron chi connectivity index (χ2n) is 8.13. The number of carbonyl (C=O) groups is 1. The molecule has 0 amide bonds. The van der Waals surface area contributed by atoms with Gasteiger partial charge in [0.2, 0.25) is 0 Å². The van der Waals surface area contributed by atoms with Crippen LogP contribution in [0.1, 0.15) is 76.1 Å². The van der Waals surface area contributed by atoms with Crippen molar-refractivity contribution in [2.75, 3.05) is 0 Å². The fourth-order valence-electron chi connectivity index (χ4n) is 3.98. The Morgan fingerprint density at radius 1 is 1.21 bits per heavy atom. The molecule has 1 unspecified atom stereocenters. The van der Waals surface area contributed by atoms with Crippen LogP contribution >= 0.6 is 0 Å². The molecule has 0 radical (unpaired) electrons. The number of hydrogen-bond donors (Lipinski definition) is 1. The number of aliphatic hydroxyl groups is 1. The van der Waals surface area contributed by atoms with Crippen molar-refractivity contribution in [2.45, 2.75) is 83.0 Å². The highest BCUT2D eigenvalue weighted by Gasteiger charge is 2.40. The Morgan fingerprint density at radius 2 is 1.89 bits per heavy atom. The van der Waals surface area contributed by atoms with Gasteiger partial charge in [0.15, 0.2) is 5.60 Å². The number of carbonyl (C=O) groups excluding carboxylic acids is 1. The summed E-state index contributed by atoms with van der Waals surface area (Å²) in [6.45, 7) is 4.67. The number of nitrogens with zero attached hydrogens (tertiary/aromatic N) is 2. The molecule has 1 saturated carbocycles. The fraction of sp³-hybridized carbons (Fsp3) is 0.565. The summed E-state index contributed by atoms with van der Waals surface area (Å²) in [4.78, 5) is 17.5. The van der Waals surface area contributed by atoms with Crippen LogP contribution < -0.4 is 0 Å². The van der Waals surface area contributed by atoms with Gasteiger partial charge in [-0.15, -0.1) is 0 Å². The van der Waals surface area contributed by atoms with Crippen LogP contribution in [0.4, 0.5) is 0 Å². The third-order valence-electron chi connectivity index (χ3n) is 5.64. The lowest BCUT2D eigenvalue weighted by molar-refractivity contribution is -0.174. The molecule has 5 heteroatoms. The predicted molar refractivity (Wildman–Crippen MR) is 109 cm³/mol. The summed E-state index contributed by atoms with van der Waals surface area (Å²) in [6.07, 6.45) is 10.1. The Morgan fingerprint density at radius 3 is 2.54 bits per heavy atom. The van der Waals surface area contributed by atoms with Gasteiger partial charge in [0, 0.05) is 31.3 Å². The molecule has 3 rings (SSSR count). The van der Waals surface area contributed by atoms with E-state index in [0.717, 1.165) is 31.5 Å². The van der Waals surface area contributed by atoms with Crippen LogP contribution in [-0.4, -0.2) is 26.7 Å². The van der Waals surface area contributed by atoms with Gasteiger partial charge >= 0.3 is 5.97 Å². The number of rotatable bonds is 7. The van der Waals surface area contributed by atoms with Crippen LogP contribution in [0, 0.1) is 0 Å². The summed E-state index contributed by atoms with van der Waals surface area (Å²) in [5.41, 5.74) is -1.08. The highest BCUT2D eigenvalue weighted by Crippen LogP contribution is 2.30. The van der Waals surface area contributed by atoms with Crippen LogP contribution in [0.3, 0.4) is 0 Å². The minimum absolute atomic E-state index is 0.0929. The van der Waals surface area contributed by atoms with E-state index in [1.54, 1.807) is 18.3 Å². The van der Waals surface area contributed by atoms with Gasteiger partial charge in [0.05, 0.1) is 0 Å². The molecule has 1 N–H and O–H groups in total. The first-order valence-corrected chi connectivity index (χ1v) is 10.5. The molecule has 0 aliphatic heterocycles. The molecule has 0 bridgehead atoms. The highest BCUT2D eigenvalue weighted by atomic mass is 16.6. The molecule has 1 aliphatic carbocycles.